The van der Waals surface area contributed by atoms with Crippen LogP contribution in [0.1, 0.15) is 12.8 Å². The standard InChI is InChI=1S/C11H13NO4S/c1-17(14,15)12-9-4-6-10(7-5-9)16-11(13)8-2-3-8/h4-8,12H,2-3H2,1H3. The third kappa shape index (κ3) is 3.74. The first-order valence-corrected chi connectivity index (χ1v) is 7.13. The number of hydrogen-bond acceptors (Lipinski definition) is 4. The first-order valence-electron chi connectivity index (χ1n) is 5.23. The van der Waals surface area contributed by atoms with Crippen molar-refractivity contribution in [3.63, 3.8) is 0 Å². The quantitative estimate of drug-likeness (QED) is 0.651. The molecular weight excluding hydrogens is 242 g/mol. The predicted octanol–water partition coefficient (Wildman–Crippen LogP) is 1.37. The molecule has 1 N–H and O–H groups in total. The van der Waals surface area contributed by atoms with Crippen LogP contribution in [0.2, 0.25) is 0 Å². The molecule has 0 amide bonds. The maximum absolute atomic E-state index is 11.4. The number of anilines is 1. The summed E-state index contributed by atoms with van der Waals surface area (Å²) < 4.78 is 29.4. The third-order valence-electron chi connectivity index (χ3n) is 2.29. The summed E-state index contributed by atoms with van der Waals surface area (Å²) in [4.78, 5) is 11.4. The van der Waals surface area contributed by atoms with Gasteiger partial charge in [-0.2, -0.15) is 0 Å². The molecule has 1 saturated carbocycles. The molecule has 0 unspecified atom stereocenters. The second-order valence-corrected chi connectivity index (χ2v) is 5.84. The van der Waals surface area contributed by atoms with Gasteiger partial charge in [-0.05, 0) is 37.1 Å². The maximum atomic E-state index is 11.4. The SMILES string of the molecule is CS(=O)(=O)Nc1ccc(OC(=O)C2CC2)cc1. The highest BCUT2D eigenvalue weighted by atomic mass is 32.2. The van der Waals surface area contributed by atoms with Crippen molar-refractivity contribution in [2.75, 3.05) is 11.0 Å². The second kappa shape index (κ2) is 4.37. The van der Waals surface area contributed by atoms with Gasteiger partial charge in [0.05, 0.1) is 12.2 Å². The summed E-state index contributed by atoms with van der Waals surface area (Å²) in [7, 11) is -3.27. The fraction of sp³-hybridized carbons (Fsp3) is 0.364. The topological polar surface area (TPSA) is 72.5 Å². The van der Waals surface area contributed by atoms with Crippen LogP contribution in [0.3, 0.4) is 0 Å². The smallest absolute Gasteiger partial charge is 0.314 e. The van der Waals surface area contributed by atoms with Crippen LogP contribution in [0.4, 0.5) is 5.69 Å². The van der Waals surface area contributed by atoms with E-state index in [0.717, 1.165) is 19.1 Å². The molecule has 0 saturated heterocycles. The van der Waals surface area contributed by atoms with Crippen LogP contribution < -0.4 is 9.46 Å². The molecule has 0 heterocycles. The Labute approximate surface area is 99.8 Å². The Bertz CT molecular complexity index is 517. The van der Waals surface area contributed by atoms with Crippen molar-refractivity contribution in [2.45, 2.75) is 12.8 Å². The number of hydrogen-bond donors (Lipinski definition) is 1. The summed E-state index contributed by atoms with van der Waals surface area (Å²) in [6, 6.07) is 6.23. The number of esters is 1. The van der Waals surface area contributed by atoms with Crippen molar-refractivity contribution < 1.29 is 17.9 Å². The zero-order valence-corrected chi connectivity index (χ0v) is 10.2. The van der Waals surface area contributed by atoms with Gasteiger partial charge in [-0.25, -0.2) is 8.42 Å². The number of benzene rings is 1. The molecule has 1 aliphatic carbocycles. The van der Waals surface area contributed by atoms with Crippen LogP contribution >= 0.6 is 0 Å². The van der Waals surface area contributed by atoms with E-state index in [4.69, 9.17) is 4.74 Å². The molecule has 92 valence electrons. The first kappa shape index (κ1) is 11.9. The van der Waals surface area contributed by atoms with Gasteiger partial charge < -0.3 is 4.74 Å². The van der Waals surface area contributed by atoms with Gasteiger partial charge in [0.25, 0.3) is 0 Å². The number of sulfonamides is 1. The Kier molecular flexibility index (Phi) is 3.06. The van der Waals surface area contributed by atoms with Crippen molar-refractivity contribution in [2.24, 2.45) is 5.92 Å². The van der Waals surface area contributed by atoms with Gasteiger partial charge in [0.15, 0.2) is 0 Å². The number of nitrogens with one attached hydrogen (secondary N) is 1. The lowest BCUT2D eigenvalue weighted by molar-refractivity contribution is -0.135. The van der Waals surface area contributed by atoms with Crippen molar-refractivity contribution in [3.8, 4) is 5.75 Å². The minimum absolute atomic E-state index is 0.0452. The van der Waals surface area contributed by atoms with E-state index in [0.29, 0.717) is 11.4 Å². The van der Waals surface area contributed by atoms with E-state index in [1.165, 1.54) is 0 Å². The highest BCUT2D eigenvalue weighted by Gasteiger charge is 2.31. The first-order chi connectivity index (χ1) is 7.94. The summed E-state index contributed by atoms with van der Waals surface area (Å²) in [5.41, 5.74) is 0.443. The molecule has 0 aromatic heterocycles. The monoisotopic (exact) mass is 255 g/mol. The molecule has 17 heavy (non-hydrogen) atoms. The van der Waals surface area contributed by atoms with Crippen molar-refractivity contribution in [1.82, 2.24) is 0 Å². The maximum Gasteiger partial charge on any atom is 0.314 e. The molecular formula is C11H13NO4S. The molecule has 1 aliphatic rings. The van der Waals surface area contributed by atoms with Gasteiger partial charge in [-0.15, -0.1) is 0 Å². The zero-order valence-electron chi connectivity index (χ0n) is 9.34. The highest BCUT2D eigenvalue weighted by Crippen LogP contribution is 2.31. The predicted molar refractivity (Wildman–Crippen MR) is 63.3 cm³/mol. The Morgan fingerprint density at radius 2 is 1.88 bits per heavy atom. The molecule has 6 heteroatoms. The molecule has 1 fully saturated rings. The summed E-state index contributed by atoms with van der Waals surface area (Å²) in [6.07, 6.45) is 2.87. The van der Waals surface area contributed by atoms with Gasteiger partial charge in [-0.1, -0.05) is 0 Å². The molecule has 5 nitrogen and oxygen atoms in total. The molecule has 0 spiro atoms. The molecule has 1 aromatic carbocycles. The fourth-order valence-corrected chi connectivity index (χ4v) is 1.89. The molecule has 2 rings (SSSR count). The van der Waals surface area contributed by atoms with Gasteiger partial charge in [0.2, 0.25) is 10.0 Å². The lowest BCUT2D eigenvalue weighted by Crippen LogP contribution is -2.11. The Balaban J connectivity index is 1.99. The lowest BCUT2D eigenvalue weighted by Gasteiger charge is -2.06. The average Bonchev–Trinajstić information content (AvgIpc) is 3.02. The van der Waals surface area contributed by atoms with E-state index >= 15 is 0 Å². The Morgan fingerprint density at radius 1 is 1.29 bits per heavy atom. The zero-order chi connectivity index (χ0) is 12.5. The minimum atomic E-state index is -3.27. The molecule has 0 aliphatic heterocycles. The Hall–Kier alpha value is -1.56. The van der Waals surface area contributed by atoms with Crippen molar-refractivity contribution in [3.05, 3.63) is 24.3 Å². The van der Waals surface area contributed by atoms with Gasteiger partial charge in [0, 0.05) is 5.69 Å². The highest BCUT2D eigenvalue weighted by molar-refractivity contribution is 7.92. The summed E-state index contributed by atoms with van der Waals surface area (Å²) in [6.45, 7) is 0. The molecule has 0 bridgehead atoms. The van der Waals surface area contributed by atoms with Crippen molar-refractivity contribution in [1.29, 1.82) is 0 Å². The van der Waals surface area contributed by atoms with E-state index in [2.05, 4.69) is 4.72 Å². The van der Waals surface area contributed by atoms with E-state index in [9.17, 15) is 13.2 Å². The van der Waals surface area contributed by atoms with Crippen LogP contribution in [0, 0.1) is 5.92 Å². The summed E-state index contributed by atoms with van der Waals surface area (Å²) in [5.74, 6) is 0.263. The van der Waals surface area contributed by atoms with Crippen molar-refractivity contribution >= 4 is 21.7 Å². The van der Waals surface area contributed by atoms with Crippen LogP contribution in [0.15, 0.2) is 24.3 Å². The van der Waals surface area contributed by atoms with Crippen LogP contribution in [0.5, 0.6) is 5.75 Å². The molecule has 0 radical (unpaired) electrons. The lowest BCUT2D eigenvalue weighted by atomic mass is 10.3. The van der Waals surface area contributed by atoms with Crippen LogP contribution in [-0.2, 0) is 14.8 Å². The summed E-state index contributed by atoms with van der Waals surface area (Å²) in [5, 5.41) is 0. The largest absolute Gasteiger partial charge is 0.426 e. The molecule has 1 aromatic rings. The van der Waals surface area contributed by atoms with Crippen LogP contribution in [0.25, 0.3) is 0 Å². The Morgan fingerprint density at radius 3 is 2.35 bits per heavy atom. The van der Waals surface area contributed by atoms with E-state index in [-0.39, 0.29) is 11.9 Å². The van der Waals surface area contributed by atoms with Gasteiger partial charge in [-0.3, -0.25) is 9.52 Å². The number of ether oxygens (including phenoxy) is 1. The average molecular weight is 255 g/mol. The van der Waals surface area contributed by atoms with Gasteiger partial charge in [0.1, 0.15) is 5.75 Å². The van der Waals surface area contributed by atoms with E-state index in [1.54, 1.807) is 24.3 Å². The third-order valence-corrected chi connectivity index (χ3v) is 2.89. The van der Waals surface area contributed by atoms with E-state index < -0.39 is 10.0 Å². The normalized spacial score (nSPS) is 15.4. The summed E-state index contributed by atoms with van der Waals surface area (Å²) >= 11 is 0. The fourth-order valence-electron chi connectivity index (χ4n) is 1.32. The second-order valence-electron chi connectivity index (χ2n) is 4.09. The minimum Gasteiger partial charge on any atom is -0.426 e. The number of carbonyl (C=O) groups is 1. The number of rotatable bonds is 4. The van der Waals surface area contributed by atoms with Gasteiger partial charge >= 0.3 is 5.97 Å². The van der Waals surface area contributed by atoms with Crippen LogP contribution in [-0.4, -0.2) is 20.6 Å². The number of carbonyl (C=O) groups excluding carboxylic acids is 1. The van der Waals surface area contributed by atoms with E-state index in [1.807, 2.05) is 0 Å². The molecule has 0 atom stereocenters.